The summed E-state index contributed by atoms with van der Waals surface area (Å²) >= 11 is 1.76. The van der Waals surface area contributed by atoms with Crippen molar-refractivity contribution < 1.29 is 0 Å². The largest absolute Gasteiger partial charge is 0.312 e. The van der Waals surface area contributed by atoms with E-state index in [-0.39, 0.29) is 0 Å². The van der Waals surface area contributed by atoms with E-state index in [9.17, 15) is 0 Å². The van der Waals surface area contributed by atoms with E-state index < -0.39 is 0 Å². The summed E-state index contributed by atoms with van der Waals surface area (Å²) in [4.78, 5) is 0. The van der Waals surface area contributed by atoms with Crippen LogP contribution in [0.3, 0.4) is 0 Å². The zero-order valence-electron chi connectivity index (χ0n) is 9.63. The molecule has 0 spiro atoms. The molecule has 1 rings (SSSR count). The molecule has 1 heterocycles. The summed E-state index contributed by atoms with van der Waals surface area (Å²) in [6, 6.07) is 2.18. The average Bonchev–Trinajstić information content (AvgIpc) is 2.56. The van der Waals surface area contributed by atoms with Crippen LogP contribution in [0.5, 0.6) is 0 Å². The van der Waals surface area contributed by atoms with Crippen molar-refractivity contribution in [2.75, 3.05) is 6.54 Å². The molecule has 1 N–H and O–H groups in total. The summed E-state index contributed by atoms with van der Waals surface area (Å²) in [6.45, 7) is 11.3. The van der Waals surface area contributed by atoms with E-state index in [4.69, 9.17) is 0 Å². The van der Waals surface area contributed by atoms with Gasteiger partial charge in [-0.3, -0.25) is 0 Å². The lowest BCUT2D eigenvalue weighted by Gasteiger charge is -2.29. The molecule has 0 bridgehead atoms. The van der Waals surface area contributed by atoms with Gasteiger partial charge in [0, 0.05) is 13.1 Å². The summed E-state index contributed by atoms with van der Waals surface area (Å²) in [5.41, 5.74) is 1.78. The summed E-state index contributed by atoms with van der Waals surface area (Å²) in [7, 11) is 0. The number of hydrogen-bond donors (Lipinski definition) is 1. The Morgan fingerprint density at radius 1 is 1.43 bits per heavy atom. The molecule has 2 heteroatoms. The third kappa shape index (κ3) is 3.43. The SMILES string of the molecule is CC(C)C(C)(C)CNCc1ccsc1. The normalized spacial score (nSPS) is 12.4. The zero-order chi connectivity index (χ0) is 10.6. The van der Waals surface area contributed by atoms with Gasteiger partial charge in [0.2, 0.25) is 0 Å². The lowest BCUT2D eigenvalue weighted by Crippen LogP contribution is -2.33. The Kier molecular flexibility index (Phi) is 4.14. The Morgan fingerprint density at radius 2 is 2.14 bits per heavy atom. The van der Waals surface area contributed by atoms with Crippen molar-refractivity contribution in [1.29, 1.82) is 0 Å². The summed E-state index contributed by atoms with van der Waals surface area (Å²) in [5, 5.41) is 7.85. The number of nitrogens with one attached hydrogen (secondary N) is 1. The van der Waals surface area contributed by atoms with Crippen LogP contribution in [0.25, 0.3) is 0 Å². The highest BCUT2D eigenvalue weighted by atomic mass is 32.1. The van der Waals surface area contributed by atoms with Crippen LogP contribution in [0.2, 0.25) is 0 Å². The molecule has 14 heavy (non-hydrogen) atoms. The summed E-state index contributed by atoms with van der Waals surface area (Å²) < 4.78 is 0. The second kappa shape index (κ2) is 4.94. The van der Waals surface area contributed by atoms with Gasteiger partial charge in [0.25, 0.3) is 0 Å². The third-order valence-corrected chi connectivity index (χ3v) is 3.78. The van der Waals surface area contributed by atoms with Gasteiger partial charge < -0.3 is 5.32 Å². The highest BCUT2D eigenvalue weighted by Crippen LogP contribution is 2.24. The number of rotatable bonds is 5. The molecule has 1 aromatic rings. The van der Waals surface area contributed by atoms with Crippen molar-refractivity contribution in [3.63, 3.8) is 0 Å². The highest BCUT2D eigenvalue weighted by Gasteiger charge is 2.21. The first-order chi connectivity index (χ1) is 6.52. The first-order valence-corrected chi connectivity index (χ1v) is 6.18. The van der Waals surface area contributed by atoms with E-state index in [1.54, 1.807) is 11.3 Å². The van der Waals surface area contributed by atoms with Gasteiger partial charge in [0.15, 0.2) is 0 Å². The molecule has 0 atom stereocenters. The van der Waals surface area contributed by atoms with Crippen LogP contribution < -0.4 is 5.32 Å². The Hall–Kier alpha value is -0.340. The smallest absolute Gasteiger partial charge is 0.0213 e. The van der Waals surface area contributed by atoms with Crippen LogP contribution in [0.4, 0.5) is 0 Å². The molecule has 80 valence electrons. The van der Waals surface area contributed by atoms with E-state index in [2.05, 4.69) is 49.8 Å². The topological polar surface area (TPSA) is 12.0 Å². The maximum atomic E-state index is 3.52. The molecule has 0 radical (unpaired) electrons. The third-order valence-electron chi connectivity index (χ3n) is 3.05. The summed E-state index contributed by atoms with van der Waals surface area (Å²) in [5.74, 6) is 0.720. The molecule has 0 aliphatic heterocycles. The van der Waals surface area contributed by atoms with E-state index in [1.165, 1.54) is 5.56 Å². The van der Waals surface area contributed by atoms with Gasteiger partial charge in [0.1, 0.15) is 0 Å². The molecule has 0 aliphatic carbocycles. The van der Waals surface area contributed by atoms with Crippen molar-refractivity contribution in [2.45, 2.75) is 34.2 Å². The minimum atomic E-state index is 0.385. The average molecular weight is 211 g/mol. The molecule has 0 aromatic carbocycles. The Balaban J connectivity index is 2.28. The van der Waals surface area contributed by atoms with Gasteiger partial charge >= 0.3 is 0 Å². The molecule has 1 nitrogen and oxygen atoms in total. The number of thiophene rings is 1. The lowest BCUT2D eigenvalue weighted by atomic mass is 9.81. The minimum absolute atomic E-state index is 0.385. The van der Waals surface area contributed by atoms with E-state index >= 15 is 0 Å². The minimum Gasteiger partial charge on any atom is -0.312 e. The van der Waals surface area contributed by atoms with Gasteiger partial charge in [0.05, 0.1) is 0 Å². The molecule has 0 aliphatic rings. The van der Waals surface area contributed by atoms with Crippen LogP contribution in [-0.4, -0.2) is 6.54 Å². The predicted octanol–water partition coefficient (Wildman–Crippen LogP) is 3.52. The second-order valence-corrected chi connectivity index (χ2v) is 5.66. The first kappa shape index (κ1) is 11.7. The van der Waals surface area contributed by atoms with Crippen molar-refractivity contribution in [2.24, 2.45) is 11.3 Å². The predicted molar refractivity (Wildman–Crippen MR) is 64.6 cm³/mol. The van der Waals surface area contributed by atoms with Crippen LogP contribution in [0.1, 0.15) is 33.3 Å². The van der Waals surface area contributed by atoms with Gasteiger partial charge in [-0.1, -0.05) is 27.7 Å². The van der Waals surface area contributed by atoms with Crippen LogP contribution in [-0.2, 0) is 6.54 Å². The maximum Gasteiger partial charge on any atom is 0.0213 e. The standard InChI is InChI=1S/C12H21NS/c1-10(2)12(3,4)9-13-7-11-5-6-14-8-11/h5-6,8,10,13H,7,9H2,1-4H3. The maximum absolute atomic E-state index is 3.52. The number of hydrogen-bond acceptors (Lipinski definition) is 2. The van der Waals surface area contributed by atoms with Gasteiger partial charge in [-0.15, -0.1) is 0 Å². The zero-order valence-corrected chi connectivity index (χ0v) is 10.4. The fourth-order valence-electron chi connectivity index (χ4n) is 1.13. The monoisotopic (exact) mass is 211 g/mol. The second-order valence-electron chi connectivity index (χ2n) is 4.88. The van der Waals surface area contributed by atoms with Crippen molar-refractivity contribution in [3.05, 3.63) is 22.4 Å². The molecule has 0 saturated carbocycles. The van der Waals surface area contributed by atoms with Gasteiger partial charge in [-0.25, -0.2) is 0 Å². The highest BCUT2D eigenvalue weighted by molar-refractivity contribution is 7.07. The van der Waals surface area contributed by atoms with Crippen molar-refractivity contribution >= 4 is 11.3 Å². The van der Waals surface area contributed by atoms with Crippen LogP contribution >= 0.6 is 11.3 Å². The fraction of sp³-hybridized carbons (Fsp3) is 0.667. The molecule has 0 saturated heterocycles. The van der Waals surface area contributed by atoms with E-state index in [1.807, 2.05) is 0 Å². The van der Waals surface area contributed by atoms with E-state index in [0.717, 1.165) is 19.0 Å². The molecular weight excluding hydrogens is 190 g/mol. The Morgan fingerprint density at radius 3 is 2.64 bits per heavy atom. The van der Waals surface area contributed by atoms with Crippen molar-refractivity contribution in [3.8, 4) is 0 Å². The Labute approximate surface area is 91.5 Å². The molecular formula is C12H21NS. The first-order valence-electron chi connectivity index (χ1n) is 5.24. The van der Waals surface area contributed by atoms with Gasteiger partial charge in [-0.05, 0) is 33.7 Å². The molecule has 0 fully saturated rings. The molecule has 1 aromatic heterocycles. The molecule has 0 amide bonds. The summed E-state index contributed by atoms with van der Waals surface area (Å²) in [6.07, 6.45) is 0. The van der Waals surface area contributed by atoms with Crippen LogP contribution in [0, 0.1) is 11.3 Å². The van der Waals surface area contributed by atoms with Gasteiger partial charge in [-0.2, -0.15) is 11.3 Å². The quantitative estimate of drug-likeness (QED) is 0.786. The van der Waals surface area contributed by atoms with Crippen molar-refractivity contribution in [1.82, 2.24) is 5.32 Å². The lowest BCUT2D eigenvalue weighted by molar-refractivity contribution is 0.238. The Bertz CT molecular complexity index is 249. The van der Waals surface area contributed by atoms with E-state index in [0.29, 0.717) is 5.41 Å². The molecule has 0 unspecified atom stereocenters. The van der Waals surface area contributed by atoms with Crippen LogP contribution in [0.15, 0.2) is 16.8 Å². The fourth-order valence-corrected chi connectivity index (χ4v) is 1.79.